The van der Waals surface area contributed by atoms with E-state index >= 15 is 0 Å². The van der Waals surface area contributed by atoms with Gasteiger partial charge in [0, 0.05) is 11.3 Å². The summed E-state index contributed by atoms with van der Waals surface area (Å²) in [6.07, 6.45) is 9.17. The molecule has 0 aliphatic rings. The third-order valence-corrected chi connectivity index (χ3v) is 3.64. The van der Waals surface area contributed by atoms with Gasteiger partial charge in [0.2, 0.25) is 0 Å². The first kappa shape index (κ1) is 15.9. The van der Waals surface area contributed by atoms with E-state index in [0.717, 1.165) is 30.0 Å². The Labute approximate surface area is 118 Å². The van der Waals surface area contributed by atoms with E-state index in [1.807, 2.05) is 19.1 Å². The predicted octanol–water partition coefficient (Wildman–Crippen LogP) is 5.02. The van der Waals surface area contributed by atoms with Crippen molar-refractivity contribution >= 4 is 5.69 Å². The Kier molecular flexibility index (Phi) is 7.39. The van der Waals surface area contributed by atoms with E-state index in [-0.39, 0.29) is 0 Å². The molecule has 1 aromatic rings. The minimum Gasteiger partial charge on any atom is -0.493 e. The van der Waals surface area contributed by atoms with Crippen LogP contribution < -0.4 is 10.5 Å². The number of anilines is 1. The van der Waals surface area contributed by atoms with Crippen molar-refractivity contribution in [3.05, 3.63) is 23.3 Å². The van der Waals surface area contributed by atoms with Gasteiger partial charge >= 0.3 is 0 Å². The Balaban J connectivity index is 2.21. The molecule has 108 valence electrons. The normalized spacial score (nSPS) is 10.7. The van der Waals surface area contributed by atoms with Crippen molar-refractivity contribution in [2.24, 2.45) is 0 Å². The molecule has 0 radical (unpaired) electrons. The Morgan fingerprint density at radius 1 is 0.947 bits per heavy atom. The van der Waals surface area contributed by atoms with E-state index in [4.69, 9.17) is 10.5 Å². The van der Waals surface area contributed by atoms with Crippen LogP contribution in [0.1, 0.15) is 63.0 Å². The van der Waals surface area contributed by atoms with Gasteiger partial charge in [-0.15, -0.1) is 0 Å². The topological polar surface area (TPSA) is 35.2 Å². The fraction of sp³-hybridized carbons (Fsp3) is 0.647. The summed E-state index contributed by atoms with van der Waals surface area (Å²) in [6, 6.07) is 3.98. The van der Waals surface area contributed by atoms with Crippen molar-refractivity contribution in [3.8, 4) is 5.75 Å². The average molecular weight is 263 g/mol. The van der Waals surface area contributed by atoms with Crippen LogP contribution in [0.3, 0.4) is 0 Å². The third kappa shape index (κ3) is 5.54. The lowest BCUT2D eigenvalue weighted by Crippen LogP contribution is -2.02. The van der Waals surface area contributed by atoms with Gasteiger partial charge in [0.25, 0.3) is 0 Å². The number of aryl methyl sites for hydroxylation is 1. The number of nitrogen functional groups attached to an aromatic ring is 1. The van der Waals surface area contributed by atoms with Gasteiger partial charge in [0.1, 0.15) is 5.75 Å². The number of nitrogens with two attached hydrogens (primary N) is 1. The summed E-state index contributed by atoms with van der Waals surface area (Å²) in [4.78, 5) is 0. The van der Waals surface area contributed by atoms with Crippen LogP contribution in [0.5, 0.6) is 5.75 Å². The summed E-state index contributed by atoms with van der Waals surface area (Å²) in [5.41, 5.74) is 8.98. The number of unbranched alkanes of at least 4 members (excludes halogenated alkanes) is 6. The molecule has 0 aromatic heterocycles. The molecule has 1 aromatic carbocycles. The molecule has 0 unspecified atom stereocenters. The van der Waals surface area contributed by atoms with Crippen LogP contribution in [0.2, 0.25) is 0 Å². The van der Waals surface area contributed by atoms with E-state index in [0.29, 0.717) is 0 Å². The number of hydrogen-bond acceptors (Lipinski definition) is 2. The van der Waals surface area contributed by atoms with Crippen molar-refractivity contribution in [3.63, 3.8) is 0 Å². The smallest absolute Gasteiger partial charge is 0.127 e. The van der Waals surface area contributed by atoms with Crippen molar-refractivity contribution in [2.45, 2.75) is 65.7 Å². The summed E-state index contributed by atoms with van der Waals surface area (Å²) in [5.74, 6) is 0.978. The second-order valence-electron chi connectivity index (χ2n) is 5.40. The molecule has 1 rings (SSSR count). The highest BCUT2D eigenvalue weighted by Crippen LogP contribution is 2.27. The molecule has 0 fully saturated rings. The zero-order valence-electron chi connectivity index (χ0n) is 12.8. The molecule has 0 heterocycles. The van der Waals surface area contributed by atoms with Gasteiger partial charge in [0.15, 0.2) is 0 Å². The Morgan fingerprint density at radius 3 is 2.26 bits per heavy atom. The monoisotopic (exact) mass is 263 g/mol. The summed E-state index contributed by atoms with van der Waals surface area (Å²) in [6.45, 7) is 7.16. The Morgan fingerprint density at radius 2 is 1.58 bits per heavy atom. The van der Waals surface area contributed by atoms with Crippen LogP contribution in [0, 0.1) is 13.8 Å². The molecule has 0 spiro atoms. The first-order chi connectivity index (χ1) is 9.16. The zero-order valence-corrected chi connectivity index (χ0v) is 12.8. The van der Waals surface area contributed by atoms with Gasteiger partial charge in [-0.25, -0.2) is 0 Å². The summed E-state index contributed by atoms with van der Waals surface area (Å²) >= 11 is 0. The number of hydrogen-bond donors (Lipinski definition) is 1. The van der Waals surface area contributed by atoms with Crippen LogP contribution in [0.15, 0.2) is 12.1 Å². The average Bonchev–Trinajstić information content (AvgIpc) is 2.40. The minimum atomic E-state index is 0.804. The maximum absolute atomic E-state index is 5.91. The molecule has 0 saturated carbocycles. The summed E-state index contributed by atoms with van der Waals surface area (Å²) < 4.78 is 5.90. The van der Waals surface area contributed by atoms with E-state index in [9.17, 15) is 0 Å². The van der Waals surface area contributed by atoms with E-state index in [1.165, 1.54) is 44.1 Å². The molecule has 0 aliphatic heterocycles. The second-order valence-corrected chi connectivity index (χ2v) is 5.40. The number of ether oxygens (including phenoxy) is 1. The first-order valence-electron chi connectivity index (χ1n) is 7.65. The molecule has 2 heteroatoms. The number of benzene rings is 1. The van der Waals surface area contributed by atoms with Gasteiger partial charge in [-0.05, 0) is 31.9 Å². The minimum absolute atomic E-state index is 0.804. The number of rotatable bonds is 9. The SMILES string of the molecule is CCCCCCCCCOc1c(C)ccc(N)c1C. The fourth-order valence-corrected chi connectivity index (χ4v) is 2.30. The van der Waals surface area contributed by atoms with Crippen LogP contribution in [0.4, 0.5) is 5.69 Å². The van der Waals surface area contributed by atoms with Crippen molar-refractivity contribution < 1.29 is 4.74 Å². The molecule has 19 heavy (non-hydrogen) atoms. The van der Waals surface area contributed by atoms with Gasteiger partial charge in [0.05, 0.1) is 6.61 Å². The van der Waals surface area contributed by atoms with Crippen LogP contribution in [-0.2, 0) is 0 Å². The lowest BCUT2D eigenvalue weighted by atomic mass is 10.1. The first-order valence-corrected chi connectivity index (χ1v) is 7.65. The molecule has 2 N–H and O–H groups in total. The molecular formula is C17H29NO. The quantitative estimate of drug-likeness (QED) is 0.502. The van der Waals surface area contributed by atoms with E-state index in [2.05, 4.69) is 13.8 Å². The highest BCUT2D eigenvalue weighted by Gasteiger charge is 2.06. The van der Waals surface area contributed by atoms with E-state index < -0.39 is 0 Å². The highest BCUT2D eigenvalue weighted by molar-refractivity contribution is 5.56. The largest absolute Gasteiger partial charge is 0.493 e. The maximum Gasteiger partial charge on any atom is 0.127 e. The molecule has 0 atom stereocenters. The van der Waals surface area contributed by atoms with Crippen LogP contribution >= 0.6 is 0 Å². The Bertz CT molecular complexity index is 374. The molecular weight excluding hydrogens is 234 g/mol. The third-order valence-electron chi connectivity index (χ3n) is 3.64. The Hall–Kier alpha value is -1.18. The summed E-state index contributed by atoms with van der Waals surface area (Å²) in [7, 11) is 0. The standard InChI is InChI=1S/C17H29NO/c1-4-5-6-7-8-9-10-13-19-17-14(2)11-12-16(18)15(17)3/h11-12H,4-10,13,18H2,1-3H3. The van der Waals surface area contributed by atoms with Crippen molar-refractivity contribution in [1.82, 2.24) is 0 Å². The highest BCUT2D eigenvalue weighted by atomic mass is 16.5. The van der Waals surface area contributed by atoms with Gasteiger partial charge in [-0.1, -0.05) is 51.5 Å². The van der Waals surface area contributed by atoms with E-state index in [1.54, 1.807) is 0 Å². The van der Waals surface area contributed by atoms with Crippen molar-refractivity contribution in [2.75, 3.05) is 12.3 Å². The molecule has 0 saturated heterocycles. The fourth-order valence-electron chi connectivity index (χ4n) is 2.30. The lowest BCUT2D eigenvalue weighted by molar-refractivity contribution is 0.300. The zero-order chi connectivity index (χ0) is 14.1. The van der Waals surface area contributed by atoms with Crippen molar-refractivity contribution in [1.29, 1.82) is 0 Å². The molecule has 0 aliphatic carbocycles. The second kappa shape index (κ2) is 8.84. The summed E-state index contributed by atoms with van der Waals surface area (Å²) in [5, 5.41) is 0. The van der Waals surface area contributed by atoms with Crippen LogP contribution in [0.25, 0.3) is 0 Å². The predicted molar refractivity (Wildman–Crippen MR) is 83.8 cm³/mol. The van der Waals surface area contributed by atoms with Gasteiger partial charge in [-0.2, -0.15) is 0 Å². The van der Waals surface area contributed by atoms with Gasteiger partial charge < -0.3 is 10.5 Å². The van der Waals surface area contributed by atoms with Crippen LogP contribution in [-0.4, -0.2) is 6.61 Å². The molecule has 0 bridgehead atoms. The maximum atomic E-state index is 5.91. The lowest BCUT2D eigenvalue weighted by Gasteiger charge is -2.13. The molecule has 0 amide bonds. The molecule has 2 nitrogen and oxygen atoms in total. The van der Waals surface area contributed by atoms with Gasteiger partial charge in [-0.3, -0.25) is 0 Å².